The first kappa shape index (κ1) is 13.1. The number of aromatic nitrogens is 2. The molecule has 18 heavy (non-hydrogen) atoms. The average molecular weight is 250 g/mol. The first-order valence-corrected chi connectivity index (χ1v) is 6.75. The normalized spacial score (nSPS) is 17.8. The third-order valence-electron chi connectivity index (χ3n) is 3.43. The van der Waals surface area contributed by atoms with Crippen molar-refractivity contribution in [3.05, 3.63) is 18.2 Å². The maximum Gasteiger partial charge on any atom is 0.245 e. The van der Waals surface area contributed by atoms with Gasteiger partial charge in [0.1, 0.15) is 11.9 Å². The van der Waals surface area contributed by atoms with E-state index in [1.165, 1.54) is 0 Å². The van der Waals surface area contributed by atoms with E-state index in [1.54, 1.807) is 6.20 Å². The molecule has 1 saturated heterocycles. The number of rotatable bonds is 4. The van der Waals surface area contributed by atoms with Crippen molar-refractivity contribution < 1.29 is 4.79 Å². The first-order valence-electron chi connectivity index (χ1n) is 6.75. The molecule has 0 aliphatic carbocycles. The Morgan fingerprint density at radius 1 is 1.50 bits per heavy atom. The third kappa shape index (κ3) is 2.72. The number of piperazine rings is 1. The molecule has 1 atom stereocenters. The lowest BCUT2D eigenvalue weighted by atomic mass is 10.2. The minimum absolute atomic E-state index is 0.146. The molecule has 2 rings (SSSR count). The Bertz CT molecular complexity index is 395. The lowest BCUT2D eigenvalue weighted by Crippen LogP contribution is -2.48. The summed E-state index contributed by atoms with van der Waals surface area (Å²) in [6, 6.07) is -0.146. The zero-order chi connectivity index (χ0) is 13.0. The van der Waals surface area contributed by atoms with Gasteiger partial charge in [-0.3, -0.25) is 4.79 Å². The van der Waals surface area contributed by atoms with E-state index in [0.29, 0.717) is 0 Å². The van der Waals surface area contributed by atoms with Gasteiger partial charge in [0.05, 0.1) is 0 Å². The predicted molar refractivity (Wildman–Crippen MR) is 70.4 cm³/mol. The van der Waals surface area contributed by atoms with Gasteiger partial charge in [-0.15, -0.1) is 0 Å². The zero-order valence-corrected chi connectivity index (χ0v) is 11.2. The third-order valence-corrected chi connectivity index (χ3v) is 3.43. The van der Waals surface area contributed by atoms with E-state index < -0.39 is 0 Å². The summed E-state index contributed by atoms with van der Waals surface area (Å²) in [5, 5.41) is 3.26. The van der Waals surface area contributed by atoms with Crippen molar-refractivity contribution >= 4 is 5.91 Å². The van der Waals surface area contributed by atoms with Gasteiger partial charge in [-0.2, -0.15) is 0 Å². The van der Waals surface area contributed by atoms with Crippen LogP contribution >= 0.6 is 0 Å². The predicted octanol–water partition coefficient (Wildman–Crippen LogP) is 0.828. The molecule has 1 unspecified atom stereocenters. The van der Waals surface area contributed by atoms with Crippen molar-refractivity contribution in [3.63, 3.8) is 0 Å². The Balaban J connectivity index is 2.07. The minimum atomic E-state index is -0.146. The SMILES string of the molecule is CCCc1nccn1C(C)C(=O)N1CCNCC1. The summed E-state index contributed by atoms with van der Waals surface area (Å²) in [5.74, 6) is 1.21. The minimum Gasteiger partial charge on any atom is -0.338 e. The fourth-order valence-electron chi connectivity index (χ4n) is 2.38. The zero-order valence-electron chi connectivity index (χ0n) is 11.2. The maximum atomic E-state index is 12.4. The molecule has 5 nitrogen and oxygen atoms in total. The van der Waals surface area contributed by atoms with Crippen LogP contribution in [0.15, 0.2) is 12.4 Å². The number of carbonyl (C=O) groups is 1. The van der Waals surface area contributed by atoms with Crippen LogP contribution in [0, 0.1) is 0 Å². The van der Waals surface area contributed by atoms with Gasteiger partial charge in [0.25, 0.3) is 0 Å². The Labute approximate surface area is 108 Å². The second-order valence-corrected chi connectivity index (χ2v) is 4.75. The summed E-state index contributed by atoms with van der Waals surface area (Å²) in [7, 11) is 0. The Hall–Kier alpha value is -1.36. The molecule has 1 aliphatic rings. The lowest BCUT2D eigenvalue weighted by molar-refractivity contribution is -0.134. The van der Waals surface area contributed by atoms with Crippen LogP contribution in [0.2, 0.25) is 0 Å². The van der Waals surface area contributed by atoms with Crippen molar-refractivity contribution in [1.29, 1.82) is 0 Å². The van der Waals surface area contributed by atoms with E-state index in [1.807, 2.05) is 22.6 Å². The van der Waals surface area contributed by atoms with Gasteiger partial charge in [-0.25, -0.2) is 4.98 Å². The van der Waals surface area contributed by atoms with Gasteiger partial charge in [-0.05, 0) is 13.3 Å². The molecule has 0 bridgehead atoms. The lowest BCUT2D eigenvalue weighted by Gasteiger charge is -2.30. The maximum absolute atomic E-state index is 12.4. The summed E-state index contributed by atoms with van der Waals surface area (Å²) < 4.78 is 2.01. The number of imidazole rings is 1. The summed E-state index contributed by atoms with van der Waals surface area (Å²) in [4.78, 5) is 18.7. The van der Waals surface area contributed by atoms with E-state index >= 15 is 0 Å². The van der Waals surface area contributed by atoms with Gasteiger partial charge in [-0.1, -0.05) is 6.92 Å². The molecule has 1 aliphatic heterocycles. The molecule has 0 spiro atoms. The van der Waals surface area contributed by atoms with Crippen molar-refractivity contribution in [1.82, 2.24) is 19.8 Å². The van der Waals surface area contributed by atoms with Gasteiger partial charge in [0.15, 0.2) is 0 Å². The first-order chi connectivity index (χ1) is 8.74. The smallest absolute Gasteiger partial charge is 0.245 e. The molecule has 0 radical (unpaired) electrons. The van der Waals surface area contributed by atoms with Crippen LogP contribution in [0.4, 0.5) is 0 Å². The standard InChI is InChI=1S/C13H22N4O/c1-3-4-12-15-7-10-17(12)11(2)13(18)16-8-5-14-6-9-16/h7,10-11,14H,3-6,8-9H2,1-2H3. The number of nitrogens with zero attached hydrogens (tertiary/aromatic N) is 3. The van der Waals surface area contributed by atoms with Crippen LogP contribution in [-0.4, -0.2) is 46.5 Å². The molecule has 100 valence electrons. The highest BCUT2D eigenvalue weighted by Crippen LogP contribution is 2.14. The summed E-state index contributed by atoms with van der Waals surface area (Å²) in [5.41, 5.74) is 0. The van der Waals surface area contributed by atoms with Crippen LogP contribution in [0.25, 0.3) is 0 Å². The molecular weight excluding hydrogens is 228 g/mol. The topological polar surface area (TPSA) is 50.2 Å². The molecule has 5 heteroatoms. The van der Waals surface area contributed by atoms with Crippen LogP contribution < -0.4 is 5.32 Å². The second kappa shape index (κ2) is 6.00. The van der Waals surface area contributed by atoms with Crippen LogP contribution in [0.3, 0.4) is 0 Å². The van der Waals surface area contributed by atoms with E-state index in [4.69, 9.17) is 0 Å². The van der Waals surface area contributed by atoms with E-state index in [-0.39, 0.29) is 11.9 Å². The van der Waals surface area contributed by atoms with Crippen molar-refractivity contribution in [2.75, 3.05) is 26.2 Å². The fourth-order valence-corrected chi connectivity index (χ4v) is 2.38. The molecule has 1 amide bonds. The highest BCUT2D eigenvalue weighted by atomic mass is 16.2. The molecule has 1 N–H and O–H groups in total. The quantitative estimate of drug-likeness (QED) is 0.861. The number of carbonyl (C=O) groups excluding carboxylic acids is 1. The second-order valence-electron chi connectivity index (χ2n) is 4.75. The fraction of sp³-hybridized carbons (Fsp3) is 0.692. The molecular formula is C13H22N4O. The number of amides is 1. The molecule has 0 aromatic carbocycles. The van der Waals surface area contributed by atoms with Crippen molar-refractivity contribution in [2.45, 2.75) is 32.7 Å². The highest BCUT2D eigenvalue weighted by Gasteiger charge is 2.24. The largest absolute Gasteiger partial charge is 0.338 e. The average Bonchev–Trinajstić information content (AvgIpc) is 2.87. The Kier molecular flexibility index (Phi) is 4.36. The summed E-state index contributed by atoms with van der Waals surface area (Å²) in [6.07, 6.45) is 5.67. The molecule has 2 heterocycles. The van der Waals surface area contributed by atoms with E-state index in [2.05, 4.69) is 17.2 Å². The Morgan fingerprint density at radius 3 is 2.89 bits per heavy atom. The van der Waals surface area contributed by atoms with Crippen molar-refractivity contribution in [3.8, 4) is 0 Å². The van der Waals surface area contributed by atoms with Gasteiger partial charge < -0.3 is 14.8 Å². The van der Waals surface area contributed by atoms with E-state index in [0.717, 1.165) is 44.8 Å². The summed E-state index contributed by atoms with van der Waals surface area (Å²) >= 11 is 0. The van der Waals surface area contributed by atoms with Crippen molar-refractivity contribution in [2.24, 2.45) is 0 Å². The number of hydrogen-bond acceptors (Lipinski definition) is 3. The highest BCUT2D eigenvalue weighted by molar-refractivity contribution is 5.80. The van der Waals surface area contributed by atoms with E-state index in [9.17, 15) is 4.79 Å². The number of nitrogens with one attached hydrogen (secondary N) is 1. The monoisotopic (exact) mass is 250 g/mol. The molecule has 0 saturated carbocycles. The molecule has 1 aromatic rings. The summed E-state index contributed by atoms with van der Waals surface area (Å²) in [6.45, 7) is 7.49. The number of hydrogen-bond donors (Lipinski definition) is 1. The van der Waals surface area contributed by atoms with Crippen LogP contribution in [-0.2, 0) is 11.2 Å². The van der Waals surface area contributed by atoms with Gasteiger partial charge in [0, 0.05) is 45.0 Å². The number of aryl methyl sites for hydroxylation is 1. The van der Waals surface area contributed by atoms with Gasteiger partial charge >= 0.3 is 0 Å². The van der Waals surface area contributed by atoms with Gasteiger partial charge in [0.2, 0.25) is 5.91 Å². The van der Waals surface area contributed by atoms with Crippen LogP contribution in [0.1, 0.15) is 32.1 Å². The molecule has 1 fully saturated rings. The molecule has 1 aromatic heterocycles. The Morgan fingerprint density at radius 2 is 2.22 bits per heavy atom. The van der Waals surface area contributed by atoms with Crippen LogP contribution in [0.5, 0.6) is 0 Å².